The van der Waals surface area contributed by atoms with E-state index in [0.717, 1.165) is 11.4 Å². The van der Waals surface area contributed by atoms with Gasteiger partial charge >= 0.3 is 0 Å². The highest BCUT2D eigenvalue weighted by Gasteiger charge is 2.31. The van der Waals surface area contributed by atoms with E-state index in [1.165, 1.54) is 0 Å². The van der Waals surface area contributed by atoms with Crippen LogP contribution in [-0.2, 0) is 4.79 Å². The van der Waals surface area contributed by atoms with Gasteiger partial charge in [0.2, 0.25) is 5.78 Å². The van der Waals surface area contributed by atoms with Gasteiger partial charge in [0, 0.05) is 19.1 Å². The second kappa shape index (κ2) is 7.40. The molecule has 7 heteroatoms. The molecule has 1 aliphatic heterocycles. The molecular weight excluding hydrogens is 418 g/mol. The first-order chi connectivity index (χ1) is 12.4. The van der Waals surface area contributed by atoms with Crippen LogP contribution < -0.4 is 14.5 Å². The zero-order valence-corrected chi connectivity index (χ0v) is 16.5. The summed E-state index contributed by atoms with van der Waals surface area (Å²) in [5.41, 5.74) is 1.93. The number of halogens is 2. The van der Waals surface area contributed by atoms with Crippen LogP contribution in [0.5, 0.6) is 5.75 Å². The number of fused-ring (bicyclic) bond motifs is 1. The van der Waals surface area contributed by atoms with Gasteiger partial charge < -0.3 is 14.5 Å². The Morgan fingerprint density at radius 3 is 2.35 bits per heavy atom. The summed E-state index contributed by atoms with van der Waals surface area (Å²) in [5, 5.41) is 10.2. The third kappa shape index (κ3) is 3.28. The Kier molecular flexibility index (Phi) is 5.21. The highest BCUT2D eigenvalue weighted by molar-refractivity contribution is 9.10. The molecule has 0 aromatic heterocycles. The summed E-state index contributed by atoms with van der Waals surface area (Å²) in [4.78, 5) is 16.3. The van der Waals surface area contributed by atoms with Crippen molar-refractivity contribution in [1.29, 1.82) is 5.26 Å². The van der Waals surface area contributed by atoms with E-state index in [1.807, 2.05) is 54.2 Å². The Morgan fingerprint density at radius 2 is 1.81 bits per heavy atom. The Morgan fingerprint density at radius 1 is 1.19 bits per heavy atom. The maximum absolute atomic E-state index is 12.7. The minimum Gasteiger partial charge on any atom is -0.484 e. The average Bonchev–Trinajstić information content (AvgIpc) is 2.87. The van der Waals surface area contributed by atoms with Crippen molar-refractivity contribution in [3.8, 4) is 11.8 Å². The topological polar surface area (TPSA) is 56.6 Å². The van der Waals surface area contributed by atoms with Gasteiger partial charge in [0.1, 0.15) is 23.2 Å². The molecule has 3 rings (SSSR count). The molecule has 1 heterocycles. The summed E-state index contributed by atoms with van der Waals surface area (Å²) in [6, 6.07) is 14.8. The van der Waals surface area contributed by atoms with Crippen molar-refractivity contribution in [3.05, 3.63) is 63.4 Å². The molecule has 0 saturated heterocycles. The number of para-hydroxylation sites is 2. The molecular formula is C19H15BrClN3O2. The SMILES string of the molecule is CN1C(=C(C#N)C(=O)COc2ccc(Cl)cc2Br)N(C)c2ccccc21. The van der Waals surface area contributed by atoms with Crippen molar-refractivity contribution < 1.29 is 9.53 Å². The Balaban J connectivity index is 1.86. The van der Waals surface area contributed by atoms with Crippen LogP contribution in [-0.4, -0.2) is 26.5 Å². The fourth-order valence-corrected chi connectivity index (χ4v) is 3.66. The van der Waals surface area contributed by atoms with Crippen molar-refractivity contribution in [1.82, 2.24) is 0 Å². The van der Waals surface area contributed by atoms with Crippen LogP contribution in [0.4, 0.5) is 11.4 Å². The zero-order chi connectivity index (χ0) is 18.8. The maximum atomic E-state index is 12.7. The summed E-state index contributed by atoms with van der Waals surface area (Å²) >= 11 is 9.24. The number of ketones is 1. The van der Waals surface area contributed by atoms with E-state index in [-0.39, 0.29) is 12.2 Å². The fourth-order valence-electron chi connectivity index (χ4n) is 2.86. The van der Waals surface area contributed by atoms with Gasteiger partial charge in [0.25, 0.3) is 0 Å². The van der Waals surface area contributed by atoms with Gasteiger partial charge in [-0.05, 0) is 46.3 Å². The molecule has 0 radical (unpaired) electrons. The molecule has 0 spiro atoms. The number of nitriles is 1. The molecule has 5 nitrogen and oxygen atoms in total. The Labute approximate surface area is 165 Å². The smallest absolute Gasteiger partial charge is 0.214 e. The Hall–Kier alpha value is -2.49. The summed E-state index contributed by atoms with van der Waals surface area (Å²) in [6.45, 7) is -0.245. The van der Waals surface area contributed by atoms with Crippen molar-refractivity contribution in [2.75, 3.05) is 30.5 Å². The van der Waals surface area contributed by atoms with Crippen molar-refractivity contribution in [2.24, 2.45) is 0 Å². The van der Waals surface area contributed by atoms with Crippen LogP contribution in [0.25, 0.3) is 0 Å². The van der Waals surface area contributed by atoms with E-state index in [9.17, 15) is 10.1 Å². The molecule has 0 saturated carbocycles. The average molecular weight is 433 g/mol. The van der Waals surface area contributed by atoms with Gasteiger partial charge in [0.05, 0.1) is 15.8 Å². The summed E-state index contributed by atoms with van der Waals surface area (Å²) < 4.78 is 6.21. The molecule has 0 fully saturated rings. The number of hydrogen-bond acceptors (Lipinski definition) is 5. The van der Waals surface area contributed by atoms with Gasteiger partial charge in [-0.25, -0.2) is 0 Å². The van der Waals surface area contributed by atoms with Gasteiger partial charge in [0.15, 0.2) is 6.61 Å². The molecule has 132 valence electrons. The molecule has 0 unspecified atom stereocenters. The van der Waals surface area contributed by atoms with E-state index in [4.69, 9.17) is 16.3 Å². The lowest BCUT2D eigenvalue weighted by Crippen LogP contribution is -2.27. The molecule has 2 aromatic carbocycles. The minimum absolute atomic E-state index is 0.0521. The third-order valence-electron chi connectivity index (χ3n) is 4.11. The van der Waals surface area contributed by atoms with E-state index in [1.54, 1.807) is 18.2 Å². The predicted octanol–water partition coefficient (Wildman–Crippen LogP) is 4.37. The Bertz CT molecular complexity index is 921. The van der Waals surface area contributed by atoms with Gasteiger partial charge in [-0.1, -0.05) is 23.7 Å². The number of hydrogen-bond donors (Lipinski definition) is 0. The fraction of sp³-hybridized carbons (Fsp3) is 0.158. The summed E-state index contributed by atoms with van der Waals surface area (Å²) in [6.07, 6.45) is 0. The lowest BCUT2D eigenvalue weighted by Gasteiger charge is -2.20. The highest BCUT2D eigenvalue weighted by atomic mass is 79.9. The van der Waals surface area contributed by atoms with Crippen LogP contribution in [0, 0.1) is 11.3 Å². The number of anilines is 2. The summed E-state index contributed by atoms with van der Waals surface area (Å²) in [7, 11) is 3.66. The minimum atomic E-state index is -0.393. The monoisotopic (exact) mass is 431 g/mol. The van der Waals surface area contributed by atoms with Gasteiger partial charge in [-0.2, -0.15) is 5.26 Å². The number of nitrogens with zero attached hydrogens (tertiary/aromatic N) is 3. The number of ether oxygens (including phenoxy) is 1. The van der Waals surface area contributed by atoms with E-state index in [0.29, 0.717) is 21.1 Å². The second-order valence-corrected chi connectivity index (χ2v) is 6.99. The molecule has 1 aliphatic rings. The molecule has 26 heavy (non-hydrogen) atoms. The van der Waals surface area contributed by atoms with Crippen molar-refractivity contribution in [2.45, 2.75) is 0 Å². The number of carbonyl (C=O) groups is 1. The number of carbonyl (C=O) groups excluding carboxylic acids is 1. The largest absolute Gasteiger partial charge is 0.484 e. The molecule has 2 aromatic rings. The van der Waals surface area contributed by atoms with Gasteiger partial charge in [-0.15, -0.1) is 0 Å². The van der Waals surface area contributed by atoms with Gasteiger partial charge in [-0.3, -0.25) is 4.79 Å². The van der Waals surface area contributed by atoms with E-state index >= 15 is 0 Å². The normalized spacial score (nSPS) is 12.7. The lowest BCUT2D eigenvalue weighted by atomic mass is 10.2. The number of benzene rings is 2. The number of Topliss-reactive ketones (excluding diaryl/α,β-unsaturated/α-hetero) is 1. The first-order valence-corrected chi connectivity index (χ1v) is 8.93. The zero-order valence-electron chi connectivity index (χ0n) is 14.2. The van der Waals surface area contributed by atoms with Crippen LogP contribution in [0.2, 0.25) is 5.02 Å². The first kappa shape index (κ1) is 18.3. The summed E-state index contributed by atoms with van der Waals surface area (Å²) in [5.74, 6) is 0.634. The highest BCUT2D eigenvalue weighted by Crippen LogP contribution is 2.40. The van der Waals surface area contributed by atoms with Crippen LogP contribution in [0.3, 0.4) is 0 Å². The quantitative estimate of drug-likeness (QED) is 0.530. The third-order valence-corrected chi connectivity index (χ3v) is 4.96. The molecule has 0 atom stereocenters. The number of rotatable bonds is 4. The molecule has 0 aliphatic carbocycles. The molecule has 0 amide bonds. The van der Waals surface area contributed by atoms with Crippen molar-refractivity contribution in [3.63, 3.8) is 0 Å². The van der Waals surface area contributed by atoms with E-state index < -0.39 is 5.78 Å². The van der Waals surface area contributed by atoms with Crippen LogP contribution >= 0.6 is 27.5 Å². The standard InChI is InChI=1S/C19H15BrClN3O2/c1-23-15-5-3-4-6-16(15)24(2)19(23)13(10-22)17(25)11-26-18-8-7-12(21)9-14(18)20/h3-9H,11H2,1-2H3. The van der Waals surface area contributed by atoms with E-state index in [2.05, 4.69) is 15.9 Å². The molecule has 0 bridgehead atoms. The first-order valence-electron chi connectivity index (χ1n) is 7.76. The molecule has 0 N–H and O–H groups in total. The predicted molar refractivity (Wildman–Crippen MR) is 106 cm³/mol. The second-order valence-electron chi connectivity index (χ2n) is 5.70. The lowest BCUT2D eigenvalue weighted by molar-refractivity contribution is -0.117. The maximum Gasteiger partial charge on any atom is 0.214 e. The van der Waals surface area contributed by atoms with Crippen LogP contribution in [0.15, 0.2) is 58.3 Å². The van der Waals surface area contributed by atoms with Crippen LogP contribution in [0.1, 0.15) is 0 Å². The van der Waals surface area contributed by atoms with Crippen molar-refractivity contribution >= 4 is 44.7 Å².